The van der Waals surface area contributed by atoms with Gasteiger partial charge < -0.3 is 19.9 Å². The number of benzene rings is 1. The van der Waals surface area contributed by atoms with Crippen molar-refractivity contribution < 1.29 is 14.2 Å². The van der Waals surface area contributed by atoms with Gasteiger partial charge in [-0.15, -0.1) is 0 Å². The van der Waals surface area contributed by atoms with E-state index in [1.54, 1.807) is 7.11 Å². The molecule has 0 radical (unpaired) electrons. The van der Waals surface area contributed by atoms with Crippen molar-refractivity contribution >= 4 is 15.9 Å². The van der Waals surface area contributed by atoms with Crippen LogP contribution >= 0.6 is 15.9 Å². The Morgan fingerprint density at radius 1 is 1.11 bits per heavy atom. The van der Waals surface area contributed by atoms with E-state index in [9.17, 15) is 0 Å². The molecule has 0 aromatic heterocycles. The molecule has 0 bridgehead atoms. The van der Waals surface area contributed by atoms with E-state index < -0.39 is 0 Å². The van der Waals surface area contributed by atoms with Crippen molar-refractivity contribution in [3.8, 4) is 0 Å². The maximum atomic E-state index is 5.57. The van der Waals surface area contributed by atoms with E-state index in [2.05, 4.69) is 15.9 Å². The van der Waals surface area contributed by atoms with E-state index in [-0.39, 0.29) is 0 Å². The summed E-state index contributed by atoms with van der Waals surface area (Å²) in [5.74, 6) is 0. The van der Waals surface area contributed by atoms with E-state index in [1.165, 1.54) is 0 Å². The molecular formula is C13H20BrNO3. The summed E-state index contributed by atoms with van der Waals surface area (Å²) in [6.07, 6.45) is 0. The zero-order valence-corrected chi connectivity index (χ0v) is 12.2. The summed E-state index contributed by atoms with van der Waals surface area (Å²) in [4.78, 5) is 0. The molecule has 0 heterocycles. The number of ether oxygens (including phenoxy) is 3. The first-order chi connectivity index (χ1) is 8.77. The molecule has 0 saturated heterocycles. The van der Waals surface area contributed by atoms with Crippen molar-refractivity contribution in [1.82, 2.24) is 0 Å². The Labute approximate surface area is 117 Å². The van der Waals surface area contributed by atoms with Gasteiger partial charge in [0.25, 0.3) is 0 Å². The fraction of sp³-hybridized carbons (Fsp3) is 0.538. The molecule has 0 aliphatic carbocycles. The minimum Gasteiger partial charge on any atom is -0.382 e. The van der Waals surface area contributed by atoms with Gasteiger partial charge in [0.1, 0.15) is 0 Å². The molecular weight excluding hydrogens is 298 g/mol. The number of nitrogens with two attached hydrogens (primary N) is 1. The van der Waals surface area contributed by atoms with E-state index in [1.807, 2.05) is 18.2 Å². The maximum Gasteiger partial charge on any atom is 0.0728 e. The second-order valence-electron chi connectivity index (χ2n) is 3.79. The molecule has 0 aliphatic heterocycles. The topological polar surface area (TPSA) is 53.7 Å². The number of rotatable bonds is 9. The molecule has 0 aliphatic rings. The van der Waals surface area contributed by atoms with Gasteiger partial charge in [-0.3, -0.25) is 0 Å². The smallest absolute Gasteiger partial charge is 0.0728 e. The SMILES string of the molecule is COCCOCCOCc1ccc(CN)cc1Br. The van der Waals surface area contributed by atoms with Crippen LogP contribution in [0, 0.1) is 0 Å². The monoisotopic (exact) mass is 317 g/mol. The van der Waals surface area contributed by atoms with Gasteiger partial charge in [0.05, 0.1) is 33.0 Å². The van der Waals surface area contributed by atoms with Crippen molar-refractivity contribution in [1.29, 1.82) is 0 Å². The third-order valence-corrected chi connectivity index (χ3v) is 3.15. The zero-order chi connectivity index (χ0) is 13.2. The summed E-state index contributed by atoms with van der Waals surface area (Å²) in [5, 5.41) is 0. The lowest BCUT2D eigenvalue weighted by Gasteiger charge is -2.08. The first-order valence-corrected chi connectivity index (χ1v) is 6.69. The standard InChI is InChI=1S/C13H20BrNO3/c1-16-4-5-17-6-7-18-10-12-3-2-11(9-15)8-13(12)14/h2-3,8H,4-7,9-10,15H2,1H3. The Bertz CT molecular complexity index is 347. The third kappa shape index (κ3) is 5.93. The fourth-order valence-electron chi connectivity index (χ4n) is 1.38. The predicted molar refractivity (Wildman–Crippen MR) is 74.4 cm³/mol. The molecule has 18 heavy (non-hydrogen) atoms. The summed E-state index contributed by atoms with van der Waals surface area (Å²) >= 11 is 3.51. The van der Waals surface area contributed by atoms with Crippen LogP contribution in [0.15, 0.2) is 22.7 Å². The van der Waals surface area contributed by atoms with Crippen molar-refractivity contribution in [2.75, 3.05) is 33.5 Å². The number of halogens is 1. The summed E-state index contributed by atoms with van der Waals surface area (Å²) in [6, 6.07) is 6.06. The number of methoxy groups -OCH3 is 1. The molecule has 102 valence electrons. The lowest BCUT2D eigenvalue weighted by Crippen LogP contribution is -2.08. The maximum absolute atomic E-state index is 5.57. The van der Waals surface area contributed by atoms with E-state index in [0.717, 1.165) is 15.6 Å². The normalized spacial score (nSPS) is 10.8. The Hall–Kier alpha value is -0.460. The lowest BCUT2D eigenvalue weighted by molar-refractivity contribution is 0.0198. The summed E-state index contributed by atoms with van der Waals surface area (Å²) < 4.78 is 16.7. The van der Waals surface area contributed by atoms with E-state index in [4.69, 9.17) is 19.9 Å². The molecule has 1 aromatic carbocycles. The predicted octanol–water partition coefficient (Wildman–Crippen LogP) is 2.09. The molecule has 0 atom stereocenters. The second-order valence-corrected chi connectivity index (χ2v) is 4.64. The third-order valence-electron chi connectivity index (χ3n) is 2.41. The highest BCUT2D eigenvalue weighted by Crippen LogP contribution is 2.19. The van der Waals surface area contributed by atoms with Gasteiger partial charge in [0.2, 0.25) is 0 Å². The van der Waals surface area contributed by atoms with Crippen LogP contribution in [0.1, 0.15) is 11.1 Å². The highest BCUT2D eigenvalue weighted by molar-refractivity contribution is 9.10. The fourth-order valence-corrected chi connectivity index (χ4v) is 1.92. The lowest BCUT2D eigenvalue weighted by atomic mass is 10.1. The van der Waals surface area contributed by atoms with Crippen molar-refractivity contribution in [3.63, 3.8) is 0 Å². The largest absolute Gasteiger partial charge is 0.382 e. The summed E-state index contributed by atoms with van der Waals surface area (Å²) in [7, 11) is 1.66. The average molecular weight is 318 g/mol. The Morgan fingerprint density at radius 3 is 2.50 bits per heavy atom. The van der Waals surface area contributed by atoms with Gasteiger partial charge in [0.15, 0.2) is 0 Å². The number of hydrogen-bond donors (Lipinski definition) is 1. The highest BCUT2D eigenvalue weighted by atomic mass is 79.9. The van der Waals surface area contributed by atoms with Gasteiger partial charge in [-0.1, -0.05) is 28.1 Å². The molecule has 1 aromatic rings. The summed E-state index contributed by atoms with van der Waals surface area (Å²) in [6.45, 7) is 3.50. The van der Waals surface area contributed by atoms with Gasteiger partial charge in [-0.2, -0.15) is 0 Å². The van der Waals surface area contributed by atoms with Crippen molar-refractivity contribution in [2.45, 2.75) is 13.2 Å². The van der Waals surface area contributed by atoms with Gasteiger partial charge in [-0.05, 0) is 17.2 Å². The van der Waals surface area contributed by atoms with Gasteiger partial charge >= 0.3 is 0 Å². The molecule has 0 amide bonds. The second kappa shape index (κ2) is 9.47. The molecule has 1 rings (SSSR count). The quantitative estimate of drug-likeness (QED) is 0.709. The van der Waals surface area contributed by atoms with Crippen LogP contribution in [-0.2, 0) is 27.4 Å². The van der Waals surface area contributed by atoms with Crippen molar-refractivity contribution in [2.24, 2.45) is 5.73 Å². The molecule has 0 fully saturated rings. The first-order valence-electron chi connectivity index (χ1n) is 5.89. The molecule has 0 saturated carbocycles. The summed E-state index contributed by atoms with van der Waals surface area (Å²) in [5.41, 5.74) is 7.79. The van der Waals surface area contributed by atoms with Crippen LogP contribution in [0.5, 0.6) is 0 Å². The van der Waals surface area contributed by atoms with Crippen molar-refractivity contribution in [3.05, 3.63) is 33.8 Å². The van der Waals surface area contributed by atoms with Crippen LogP contribution in [0.2, 0.25) is 0 Å². The minimum absolute atomic E-state index is 0.549. The molecule has 4 nitrogen and oxygen atoms in total. The van der Waals surface area contributed by atoms with E-state index >= 15 is 0 Å². The van der Waals surface area contributed by atoms with Crippen LogP contribution in [0.4, 0.5) is 0 Å². The molecule has 2 N–H and O–H groups in total. The first kappa shape index (κ1) is 15.6. The van der Waals surface area contributed by atoms with Crippen LogP contribution in [-0.4, -0.2) is 33.5 Å². The van der Waals surface area contributed by atoms with Crippen LogP contribution < -0.4 is 5.73 Å². The molecule has 0 spiro atoms. The molecule has 0 unspecified atom stereocenters. The minimum atomic E-state index is 0.549. The highest BCUT2D eigenvalue weighted by Gasteiger charge is 2.01. The van der Waals surface area contributed by atoms with Gasteiger partial charge in [0, 0.05) is 18.1 Å². The average Bonchev–Trinajstić information content (AvgIpc) is 2.39. The molecule has 5 heteroatoms. The van der Waals surface area contributed by atoms with Crippen LogP contribution in [0.25, 0.3) is 0 Å². The Morgan fingerprint density at radius 2 is 1.83 bits per heavy atom. The van der Waals surface area contributed by atoms with E-state index in [0.29, 0.717) is 39.6 Å². The Balaban J connectivity index is 2.19. The number of hydrogen-bond acceptors (Lipinski definition) is 4. The van der Waals surface area contributed by atoms with Gasteiger partial charge in [-0.25, -0.2) is 0 Å². The zero-order valence-electron chi connectivity index (χ0n) is 10.7. The Kier molecular flexibility index (Phi) is 8.20. The van der Waals surface area contributed by atoms with Crippen LogP contribution in [0.3, 0.4) is 0 Å².